The Hall–Kier alpha value is -0.590. The quantitative estimate of drug-likeness (QED) is 0.930. The normalized spacial score (nSPS) is 13.9. The summed E-state index contributed by atoms with van der Waals surface area (Å²) in [4.78, 5) is 0. The van der Waals surface area contributed by atoms with Crippen LogP contribution in [0.2, 0.25) is 0 Å². The molecule has 0 aliphatic carbocycles. The van der Waals surface area contributed by atoms with Crippen LogP contribution in [-0.4, -0.2) is 13.7 Å². The van der Waals surface area contributed by atoms with Gasteiger partial charge in [0.2, 0.25) is 0 Å². The Bertz CT molecular complexity index is 368. The highest BCUT2D eigenvalue weighted by molar-refractivity contribution is 9.10. The van der Waals surface area contributed by atoms with E-state index in [1.54, 1.807) is 0 Å². The molecule has 0 aliphatic rings. The minimum Gasteiger partial charge on any atom is -0.383 e. The molecule has 0 aliphatic heterocycles. The minimum atomic E-state index is -4.36. The molecule has 2 nitrogen and oxygen atoms in total. The van der Waals surface area contributed by atoms with Crippen LogP contribution in [0.3, 0.4) is 0 Å². The summed E-state index contributed by atoms with van der Waals surface area (Å²) >= 11 is 3.16. The van der Waals surface area contributed by atoms with Crippen molar-refractivity contribution in [2.75, 3.05) is 13.7 Å². The van der Waals surface area contributed by atoms with Crippen molar-refractivity contribution in [3.8, 4) is 0 Å². The summed E-state index contributed by atoms with van der Waals surface area (Å²) < 4.78 is 42.7. The van der Waals surface area contributed by atoms with Gasteiger partial charge in [0.05, 0.1) is 18.2 Å². The number of nitrogens with two attached hydrogens (primary N) is 1. The van der Waals surface area contributed by atoms with Gasteiger partial charge in [-0.25, -0.2) is 0 Å². The number of halogens is 4. The van der Waals surface area contributed by atoms with Crippen LogP contribution in [0.15, 0.2) is 22.7 Å². The molecule has 90 valence electrons. The van der Waals surface area contributed by atoms with Crippen molar-refractivity contribution in [3.63, 3.8) is 0 Å². The molecule has 2 N–H and O–H groups in total. The summed E-state index contributed by atoms with van der Waals surface area (Å²) in [5, 5.41) is 0. The lowest BCUT2D eigenvalue weighted by molar-refractivity contribution is -0.137. The molecule has 0 saturated heterocycles. The van der Waals surface area contributed by atoms with Crippen LogP contribution in [0.5, 0.6) is 0 Å². The van der Waals surface area contributed by atoms with E-state index in [0.29, 0.717) is 10.0 Å². The van der Waals surface area contributed by atoms with Gasteiger partial charge in [-0.1, -0.05) is 15.9 Å². The molecule has 0 spiro atoms. The lowest BCUT2D eigenvalue weighted by Crippen LogP contribution is -2.17. The zero-order valence-electron chi connectivity index (χ0n) is 8.51. The van der Waals surface area contributed by atoms with E-state index >= 15 is 0 Å². The van der Waals surface area contributed by atoms with E-state index in [1.807, 2.05) is 0 Å². The average molecular weight is 298 g/mol. The Morgan fingerprint density at radius 1 is 1.44 bits per heavy atom. The number of hydrogen-bond acceptors (Lipinski definition) is 2. The van der Waals surface area contributed by atoms with Crippen LogP contribution < -0.4 is 5.73 Å². The number of hydrogen-bond donors (Lipinski definition) is 1. The summed E-state index contributed by atoms with van der Waals surface area (Å²) in [6.07, 6.45) is -4.36. The molecular formula is C10H11BrF3NO. The van der Waals surface area contributed by atoms with Crippen LogP contribution in [-0.2, 0) is 10.9 Å². The molecule has 1 aromatic carbocycles. The molecule has 0 bridgehead atoms. The molecule has 16 heavy (non-hydrogen) atoms. The topological polar surface area (TPSA) is 35.2 Å². The number of methoxy groups -OCH3 is 1. The lowest BCUT2D eigenvalue weighted by atomic mass is 10.0. The Morgan fingerprint density at radius 3 is 2.56 bits per heavy atom. The molecule has 0 fully saturated rings. The second-order valence-corrected chi connectivity index (χ2v) is 4.15. The Labute approximate surface area is 99.7 Å². The summed E-state index contributed by atoms with van der Waals surface area (Å²) in [6.45, 7) is 0.167. The molecule has 1 atom stereocenters. The molecule has 0 heterocycles. The van der Waals surface area contributed by atoms with Gasteiger partial charge in [-0.15, -0.1) is 0 Å². The molecule has 1 aromatic rings. The van der Waals surface area contributed by atoms with Crippen LogP contribution in [0, 0.1) is 0 Å². The standard InChI is InChI=1S/C10H11BrF3NO/c1-16-5-9(15)7-4-6(10(12,13)14)2-3-8(7)11/h2-4,9H,5,15H2,1H3. The van der Waals surface area contributed by atoms with Crippen molar-refractivity contribution in [1.82, 2.24) is 0 Å². The molecule has 0 saturated carbocycles. The average Bonchev–Trinajstić information content (AvgIpc) is 2.16. The fourth-order valence-electron chi connectivity index (χ4n) is 1.27. The fourth-order valence-corrected chi connectivity index (χ4v) is 1.81. The lowest BCUT2D eigenvalue weighted by Gasteiger charge is -2.15. The number of rotatable bonds is 3. The Kier molecular flexibility index (Phi) is 4.35. The minimum absolute atomic E-state index is 0.167. The zero-order chi connectivity index (χ0) is 12.3. The maximum atomic E-state index is 12.5. The molecule has 0 aromatic heterocycles. The van der Waals surface area contributed by atoms with Crippen LogP contribution in [0.25, 0.3) is 0 Å². The molecule has 1 rings (SSSR count). The SMILES string of the molecule is COCC(N)c1cc(C(F)(F)F)ccc1Br. The number of alkyl halides is 3. The second-order valence-electron chi connectivity index (χ2n) is 3.30. The van der Waals surface area contributed by atoms with E-state index in [9.17, 15) is 13.2 Å². The van der Waals surface area contributed by atoms with E-state index in [1.165, 1.54) is 13.2 Å². The van der Waals surface area contributed by atoms with Crippen LogP contribution in [0.1, 0.15) is 17.2 Å². The Balaban J connectivity index is 3.09. The van der Waals surface area contributed by atoms with Gasteiger partial charge < -0.3 is 10.5 Å². The van der Waals surface area contributed by atoms with Gasteiger partial charge in [0, 0.05) is 11.6 Å². The predicted molar refractivity (Wildman–Crippen MR) is 57.9 cm³/mol. The zero-order valence-corrected chi connectivity index (χ0v) is 10.1. The first-order valence-corrected chi connectivity index (χ1v) is 5.26. The summed E-state index contributed by atoms with van der Waals surface area (Å²) in [7, 11) is 1.45. The fraction of sp³-hybridized carbons (Fsp3) is 0.400. The highest BCUT2D eigenvalue weighted by Gasteiger charge is 2.31. The van der Waals surface area contributed by atoms with Crippen molar-refractivity contribution >= 4 is 15.9 Å². The van der Waals surface area contributed by atoms with Crippen molar-refractivity contribution in [2.24, 2.45) is 5.73 Å². The third kappa shape index (κ3) is 3.20. The third-order valence-corrected chi connectivity index (χ3v) is 2.79. The van der Waals surface area contributed by atoms with E-state index in [0.717, 1.165) is 12.1 Å². The summed E-state index contributed by atoms with van der Waals surface area (Å²) in [6, 6.07) is 2.80. The summed E-state index contributed by atoms with van der Waals surface area (Å²) in [5.74, 6) is 0. The smallest absolute Gasteiger partial charge is 0.383 e. The molecule has 0 amide bonds. The first kappa shape index (κ1) is 13.5. The molecule has 6 heteroatoms. The molecule has 1 unspecified atom stereocenters. The Morgan fingerprint density at radius 2 is 2.06 bits per heavy atom. The second kappa shape index (κ2) is 5.16. The predicted octanol–water partition coefficient (Wildman–Crippen LogP) is 3.11. The molecule has 0 radical (unpaired) electrons. The van der Waals surface area contributed by atoms with Gasteiger partial charge in [-0.3, -0.25) is 0 Å². The van der Waals surface area contributed by atoms with Gasteiger partial charge in [-0.2, -0.15) is 13.2 Å². The number of benzene rings is 1. The van der Waals surface area contributed by atoms with Gasteiger partial charge in [0.25, 0.3) is 0 Å². The van der Waals surface area contributed by atoms with Gasteiger partial charge in [0.15, 0.2) is 0 Å². The van der Waals surface area contributed by atoms with Gasteiger partial charge in [0.1, 0.15) is 0 Å². The third-order valence-electron chi connectivity index (χ3n) is 2.07. The molecular weight excluding hydrogens is 287 g/mol. The van der Waals surface area contributed by atoms with Gasteiger partial charge in [-0.05, 0) is 23.8 Å². The van der Waals surface area contributed by atoms with Gasteiger partial charge >= 0.3 is 6.18 Å². The van der Waals surface area contributed by atoms with Crippen molar-refractivity contribution < 1.29 is 17.9 Å². The highest BCUT2D eigenvalue weighted by atomic mass is 79.9. The largest absolute Gasteiger partial charge is 0.416 e. The first-order chi connectivity index (χ1) is 7.36. The van der Waals surface area contributed by atoms with E-state index < -0.39 is 17.8 Å². The highest BCUT2D eigenvalue weighted by Crippen LogP contribution is 2.33. The van der Waals surface area contributed by atoms with Crippen molar-refractivity contribution in [1.29, 1.82) is 0 Å². The van der Waals surface area contributed by atoms with E-state index in [2.05, 4.69) is 15.9 Å². The van der Waals surface area contributed by atoms with Crippen LogP contribution in [0.4, 0.5) is 13.2 Å². The maximum absolute atomic E-state index is 12.5. The monoisotopic (exact) mass is 297 g/mol. The van der Waals surface area contributed by atoms with Crippen molar-refractivity contribution in [2.45, 2.75) is 12.2 Å². The van der Waals surface area contributed by atoms with Crippen molar-refractivity contribution in [3.05, 3.63) is 33.8 Å². The van der Waals surface area contributed by atoms with E-state index in [-0.39, 0.29) is 6.61 Å². The number of ether oxygens (including phenoxy) is 1. The first-order valence-electron chi connectivity index (χ1n) is 4.47. The maximum Gasteiger partial charge on any atom is 0.416 e. The summed E-state index contributed by atoms with van der Waals surface area (Å²) in [5.41, 5.74) is 5.37. The van der Waals surface area contributed by atoms with E-state index in [4.69, 9.17) is 10.5 Å². The van der Waals surface area contributed by atoms with Crippen LogP contribution >= 0.6 is 15.9 Å².